The molecule has 286 valence electrons. The van der Waals surface area contributed by atoms with Crippen molar-refractivity contribution in [2.45, 2.75) is 50.2 Å². The molecule has 3 amide bonds. The first-order chi connectivity index (χ1) is 27.9. The van der Waals surface area contributed by atoms with Crippen LogP contribution >= 0.6 is 0 Å². The number of H-pyrrole nitrogens is 2. The maximum Gasteiger partial charge on any atom is 0.407 e. The molecular formula is C45H42N8O4. The number of alkyl carbamates (subject to hydrolysis) is 1. The van der Waals surface area contributed by atoms with Gasteiger partial charge in [0.05, 0.1) is 49.4 Å². The molecule has 0 radical (unpaired) electrons. The minimum Gasteiger partial charge on any atom is -0.453 e. The standard InChI is InChI=1S/C45H42N8O4/c1-57-45(56)51-41(35-9-3-2-4-10-35)44(55)53-25-7-12-39(53)43-48-29-37(50-43)34-21-17-31(18-22-34)14-13-30-15-19-33(20-16-30)36-28-47-42(49-36)38-11-6-24-52(38)40(54)26-32-8-5-23-46-27-32/h2-5,8-10,15-23,27-29,38-39,41H,6-7,11-12,24-26H2,1H3,(H,47,49)(H,48,50)(H,51,56)/t38-,39-,41+/m0/s1. The van der Waals surface area contributed by atoms with Crippen molar-refractivity contribution in [3.8, 4) is 34.4 Å². The highest BCUT2D eigenvalue weighted by Crippen LogP contribution is 2.35. The molecule has 3 aromatic carbocycles. The van der Waals surface area contributed by atoms with Crippen LogP contribution in [0, 0.1) is 11.8 Å². The summed E-state index contributed by atoms with van der Waals surface area (Å²) in [5.74, 6) is 7.91. The lowest BCUT2D eigenvalue weighted by Crippen LogP contribution is -2.42. The van der Waals surface area contributed by atoms with Crippen LogP contribution in [0.5, 0.6) is 0 Å². The lowest BCUT2D eigenvalue weighted by atomic mass is 10.1. The Bertz CT molecular complexity index is 2400. The molecule has 3 atom stereocenters. The Labute approximate surface area is 330 Å². The summed E-state index contributed by atoms with van der Waals surface area (Å²) in [4.78, 5) is 63.3. The normalized spacial score (nSPS) is 16.8. The minimum atomic E-state index is -0.874. The number of pyridine rings is 1. The number of aromatic amines is 2. The lowest BCUT2D eigenvalue weighted by Gasteiger charge is -2.28. The monoisotopic (exact) mass is 758 g/mol. The summed E-state index contributed by atoms with van der Waals surface area (Å²) in [6.45, 7) is 1.28. The maximum absolute atomic E-state index is 13.8. The van der Waals surface area contributed by atoms with E-state index in [9.17, 15) is 14.4 Å². The predicted molar refractivity (Wildman–Crippen MR) is 214 cm³/mol. The van der Waals surface area contributed by atoms with Crippen LogP contribution in [0.25, 0.3) is 22.5 Å². The van der Waals surface area contributed by atoms with E-state index in [1.165, 1.54) is 7.11 Å². The first-order valence-electron chi connectivity index (χ1n) is 19.1. The van der Waals surface area contributed by atoms with Gasteiger partial charge in [-0.25, -0.2) is 14.8 Å². The van der Waals surface area contributed by atoms with Crippen molar-refractivity contribution in [2.75, 3.05) is 20.2 Å². The number of methoxy groups -OCH3 is 1. The van der Waals surface area contributed by atoms with E-state index in [0.717, 1.165) is 77.3 Å². The number of amides is 3. The van der Waals surface area contributed by atoms with Crippen LogP contribution in [-0.4, -0.2) is 72.8 Å². The van der Waals surface area contributed by atoms with Crippen molar-refractivity contribution in [1.82, 2.24) is 40.0 Å². The van der Waals surface area contributed by atoms with Gasteiger partial charge in [0, 0.05) is 36.6 Å². The van der Waals surface area contributed by atoms with Gasteiger partial charge in [-0.15, -0.1) is 0 Å². The van der Waals surface area contributed by atoms with Gasteiger partial charge >= 0.3 is 6.09 Å². The molecule has 2 fully saturated rings. The van der Waals surface area contributed by atoms with Crippen LogP contribution in [0.2, 0.25) is 0 Å². The molecule has 0 spiro atoms. The molecule has 0 unspecified atom stereocenters. The fraction of sp³-hybridized carbons (Fsp3) is 0.244. The number of benzene rings is 3. The van der Waals surface area contributed by atoms with Crippen molar-refractivity contribution < 1.29 is 19.1 Å². The van der Waals surface area contributed by atoms with Crippen molar-refractivity contribution in [3.63, 3.8) is 0 Å². The zero-order valence-electron chi connectivity index (χ0n) is 31.5. The number of hydrogen-bond acceptors (Lipinski definition) is 7. The van der Waals surface area contributed by atoms with Gasteiger partial charge in [-0.05, 0) is 78.3 Å². The molecule has 12 nitrogen and oxygen atoms in total. The molecule has 2 aliphatic heterocycles. The average Bonchev–Trinajstić information content (AvgIpc) is 4.10. The topological polar surface area (TPSA) is 149 Å². The molecule has 0 aliphatic carbocycles. The zero-order valence-corrected chi connectivity index (χ0v) is 31.5. The Morgan fingerprint density at radius 2 is 1.33 bits per heavy atom. The number of carbonyl (C=O) groups excluding carboxylic acids is 3. The highest BCUT2D eigenvalue weighted by molar-refractivity contribution is 5.87. The third-order valence-electron chi connectivity index (χ3n) is 10.6. The van der Waals surface area contributed by atoms with Gasteiger partial charge in [0.1, 0.15) is 17.7 Å². The third-order valence-corrected chi connectivity index (χ3v) is 10.6. The molecule has 8 rings (SSSR count). The highest BCUT2D eigenvalue weighted by atomic mass is 16.5. The quantitative estimate of drug-likeness (QED) is 0.136. The van der Waals surface area contributed by atoms with Gasteiger partial charge in [0.25, 0.3) is 5.91 Å². The van der Waals surface area contributed by atoms with E-state index in [0.29, 0.717) is 24.4 Å². The molecule has 0 saturated carbocycles. The van der Waals surface area contributed by atoms with Gasteiger partial charge in [-0.3, -0.25) is 14.6 Å². The lowest BCUT2D eigenvalue weighted by molar-refractivity contribution is -0.134. The average molecular weight is 759 g/mol. The first kappa shape index (κ1) is 36.9. The molecule has 6 aromatic rings. The van der Waals surface area contributed by atoms with E-state index in [4.69, 9.17) is 4.74 Å². The Kier molecular flexibility index (Phi) is 10.9. The number of aromatic nitrogens is 5. The molecule has 0 bridgehead atoms. The van der Waals surface area contributed by atoms with Gasteiger partial charge in [-0.1, -0.05) is 72.5 Å². The van der Waals surface area contributed by atoms with Crippen LogP contribution in [0.3, 0.4) is 0 Å². The number of carbonyl (C=O) groups is 3. The predicted octanol–water partition coefficient (Wildman–Crippen LogP) is 6.93. The summed E-state index contributed by atoms with van der Waals surface area (Å²) in [7, 11) is 1.28. The fourth-order valence-electron chi connectivity index (χ4n) is 7.63. The molecule has 57 heavy (non-hydrogen) atoms. The fourth-order valence-corrected chi connectivity index (χ4v) is 7.63. The van der Waals surface area contributed by atoms with E-state index in [-0.39, 0.29) is 23.9 Å². The van der Waals surface area contributed by atoms with Gasteiger partial charge in [-0.2, -0.15) is 0 Å². The second-order valence-electron chi connectivity index (χ2n) is 14.2. The summed E-state index contributed by atoms with van der Waals surface area (Å²) in [6.07, 6.45) is 10.1. The Morgan fingerprint density at radius 3 is 1.89 bits per heavy atom. The van der Waals surface area contributed by atoms with Crippen molar-refractivity contribution >= 4 is 17.9 Å². The first-order valence-corrected chi connectivity index (χ1v) is 19.1. The van der Waals surface area contributed by atoms with Gasteiger partial charge in [0.15, 0.2) is 0 Å². The molecule has 2 aliphatic rings. The van der Waals surface area contributed by atoms with Crippen molar-refractivity contribution in [3.05, 3.63) is 150 Å². The van der Waals surface area contributed by atoms with E-state index in [1.807, 2.05) is 102 Å². The minimum absolute atomic E-state index is 0.0699. The van der Waals surface area contributed by atoms with E-state index < -0.39 is 12.1 Å². The third kappa shape index (κ3) is 8.33. The Hall–Kier alpha value is -7.00. The number of likely N-dealkylation sites (tertiary alicyclic amines) is 2. The van der Waals surface area contributed by atoms with Crippen LogP contribution in [0.1, 0.15) is 77.7 Å². The Morgan fingerprint density at radius 1 is 0.754 bits per heavy atom. The summed E-state index contributed by atoms with van der Waals surface area (Å²) in [5.41, 5.74) is 7.03. The number of nitrogens with zero attached hydrogens (tertiary/aromatic N) is 5. The zero-order chi connectivity index (χ0) is 39.1. The number of ether oxygens (including phenoxy) is 1. The number of rotatable bonds is 9. The smallest absolute Gasteiger partial charge is 0.407 e. The van der Waals surface area contributed by atoms with Gasteiger partial charge in [0.2, 0.25) is 5.91 Å². The molecule has 12 heteroatoms. The molecule has 3 N–H and O–H groups in total. The van der Waals surface area contributed by atoms with Crippen LogP contribution < -0.4 is 5.32 Å². The van der Waals surface area contributed by atoms with Crippen LogP contribution in [0.4, 0.5) is 4.79 Å². The number of imidazole rings is 2. The largest absolute Gasteiger partial charge is 0.453 e. The SMILES string of the molecule is COC(=O)N[C@@H](C(=O)N1CCC[C@H]1c1ncc(-c2ccc(C#Cc3ccc(-c4cnc([C@@H]5CCCN5C(=O)Cc5cccnc5)[nH]4)cc3)cc2)[nH]1)c1ccccc1. The van der Waals surface area contributed by atoms with E-state index >= 15 is 0 Å². The second-order valence-corrected chi connectivity index (χ2v) is 14.2. The maximum atomic E-state index is 13.8. The van der Waals surface area contributed by atoms with Crippen LogP contribution in [0.15, 0.2) is 116 Å². The van der Waals surface area contributed by atoms with Gasteiger partial charge < -0.3 is 29.8 Å². The van der Waals surface area contributed by atoms with Crippen molar-refractivity contribution in [2.24, 2.45) is 0 Å². The van der Waals surface area contributed by atoms with E-state index in [1.54, 1.807) is 23.5 Å². The summed E-state index contributed by atoms with van der Waals surface area (Å²) in [5, 5.41) is 2.71. The summed E-state index contributed by atoms with van der Waals surface area (Å²) in [6, 6.07) is 27.8. The van der Waals surface area contributed by atoms with Crippen LogP contribution in [-0.2, 0) is 20.7 Å². The molecule has 3 aromatic heterocycles. The van der Waals surface area contributed by atoms with Crippen molar-refractivity contribution in [1.29, 1.82) is 0 Å². The Balaban J connectivity index is 0.894. The molecule has 5 heterocycles. The highest BCUT2D eigenvalue weighted by Gasteiger charge is 2.37. The number of hydrogen-bond donors (Lipinski definition) is 3. The van der Waals surface area contributed by atoms with E-state index in [2.05, 4.69) is 42.1 Å². The molecule has 2 saturated heterocycles. The molecular weight excluding hydrogens is 717 g/mol. The second kappa shape index (κ2) is 16.8. The summed E-state index contributed by atoms with van der Waals surface area (Å²) < 4.78 is 4.82. The summed E-state index contributed by atoms with van der Waals surface area (Å²) >= 11 is 0. The number of nitrogens with one attached hydrogen (secondary N) is 3.